The zero-order valence-corrected chi connectivity index (χ0v) is 22.1. The molecule has 4 rings (SSSR count). The standard InChI is InChI=1S/C26H27ClN6O3S/c1-18-8-10-20(11-9-18)29-24(34)17-36-25-22(27)14-19(15-23(25)35-2)16-28-12-13-37-26-30-31-32-33(26)21-6-4-3-5-7-21/h3-11,14-15,28H,12-13,16-17H2,1-2H3,(H,29,34). The topological polar surface area (TPSA) is 103 Å². The smallest absolute Gasteiger partial charge is 0.262 e. The lowest BCUT2D eigenvalue weighted by Crippen LogP contribution is -2.20. The van der Waals surface area contributed by atoms with E-state index in [-0.39, 0.29) is 12.5 Å². The van der Waals surface area contributed by atoms with Crippen molar-refractivity contribution >= 4 is 35.0 Å². The molecule has 0 spiro atoms. The number of nitrogens with one attached hydrogen (secondary N) is 2. The zero-order valence-electron chi connectivity index (χ0n) is 20.5. The van der Waals surface area contributed by atoms with E-state index in [2.05, 4.69) is 26.2 Å². The molecule has 0 bridgehead atoms. The summed E-state index contributed by atoms with van der Waals surface area (Å²) >= 11 is 8.03. The lowest BCUT2D eigenvalue weighted by atomic mass is 10.2. The van der Waals surface area contributed by atoms with Gasteiger partial charge in [-0.05, 0) is 59.3 Å². The third kappa shape index (κ3) is 7.45. The predicted octanol–water partition coefficient (Wildman–Crippen LogP) is 4.53. The summed E-state index contributed by atoms with van der Waals surface area (Å²) < 4.78 is 12.9. The molecule has 1 aromatic heterocycles. The number of tetrazole rings is 1. The number of methoxy groups -OCH3 is 1. The maximum Gasteiger partial charge on any atom is 0.262 e. The van der Waals surface area contributed by atoms with E-state index in [0.29, 0.717) is 28.8 Å². The summed E-state index contributed by atoms with van der Waals surface area (Å²) in [5.41, 5.74) is 3.66. The second kappa shape index (κ2) is 13.1. The molecule has 0 radical (unpaired) electrons. The van der Waals surface area contributed by atoms with Crippen molar-refractivity contribution in [3.63, 3.8) is 0 Å². The molecule has 0 saturated heterocycles. The molecule has 0 aliphatic rings. The number of anilines is 1. The van der Waals surface area contributed by atoms with Crippen LogP contribution < -0.4 is 20.1 Å². The number of para-hydroxylation sites is 1. The lowest BCUT2D eigenvalue weighted by Gasteiger charge is -2.14. The van der Waals surface area contributed by atoms with Crippen LogP contribution in [0.2, 0.25) is 5.02 Å². The van der Waals surface area contributed by atoms with Gasteiger partial charge in [-0.15, -0.1) is 5.10 Å². The third-order valence-corrected chi connectivity index (χ3v) is 6.45. The number of rotatable bonds is 12. The SMILES string of the molecule is COc1cc(CNCCSc2nnnn2-c2ccccc2)cc(Cl)c1OCC(=O)Nc1ccc(C)cc1. The highest BCUT2D eigenvalue weighted by atomic mass is 35.5. The quantitative estimate of drug-likeness (QED) is 0.200. The van der Waals surface area contributed by atoms with Gasteiger partial charge in [0.1, 0.15) is 0 Å². The second-order valence-electron chi connectivity index (χ2n) is 8.05. The number of benzene rings is 3. The minimum atomic E-state index is -0.288. The Hall–Kier alpha value is -3.60. The van der Waals surface area contributed by atoms with Crippen LogP contribution in [0.4, 0.5) is 5.69 Å². The normalized spacial score (nSPS) is 10.8. The van der Waals surface area contributed by atoms with Crippen molar-refractivity contribution in [3.05, 3.63) is 82.9 Å². The van der Waals surface area contributed by atoms with Gasteiger partial charge >= 0.3 is 0 Å². The largest absolute Gasteiger partial charge is 0.493 e. The van der Waals surface area contributed by atoms with Crippen LogP contribution in [0.15, 0.2) is 71.9 Å². The highest BCUT2D eigenvalue weighted by Gasteiger charge is 2.14. The van der Waals surface area contributed by atoms with Crippen molar-refractivity contribution in [1.82, 2.24) is 25.5 Å². The summed E-state index contributed by atoms with van der Waals surface area (Å²) in [6, 6.07) is 20.9. The first-order valence-electron chi connectivity index (χ1n) is 11.6. The average Bonchev–Trinajstić information content (AvgIpc) is 3.38. The first kappa shape index (κ1) is 26.5. The van der Waals surface area contributed by atoms with Crippen LogP contribution in [-0.4, -0.2) is 52.1 Å². The van der Waals surface area contributed by atoms with Crippen LogP contribution >= 0.6 is 23.4 Å². The van der Waals surface area contributed by atoms with Gasteiger partial charge in [0.25, 0.3) is 5.91 Å². The molecule has 1 amide bonds. The van der Waals surface area contributed by atoms with E-state index in [9.17, 15) is 4.79 Å². The molecule has 0 aliphatic heterocycles. The Bertz CT molecular complexity index is 1320. The number of ether oxygens (including phenoxy) is 2. The van der Waals surface area contributed by atoms with E-state index < -0.39 is 0 Å². The van der Waals surface area contributed by atoms with E-state index in [1.807, 2.05) is 67.6 Å². The molecule has 0 fully saturated rings. The fourth-order valence-corrected chi connectivity index (χ4v) is 4.51. The molecule has 37 heavy (non-hydrogen) atoms. The van der Waals surface area contributed by atoms with Crippen molar-refractivity contribution in [2.24, 2.45) is 0 Å². The molecule has 2 N–H and O–H groups in total. The molecular formula is C26H27ClN6O3S. The van der Waals surface area contributed by atoms with Gasteiger partial charge in [-0.2, -0.15) is 4.68 Å². The Morgan fingerprint density at radius 2 is 1.89 bits per heavy atom. The van der Waals surface area contributed by atoms with Crippen LogP contribution in [0.3, 0.4) is 0 Å². The van der Waals surface area contributed by atoms with Crippen LogP contribution in [0.25, 0.3) is 5.69 Å². The molecule has 4 aromatic rings. The molecule has 0 aliphatic carbocycles. The van der Waals surface area contributed by atoms with Crippen molar-refractivity contribution in [2.75, 3.05) is 31.3 Å². The van der Waals surface area contributed by atoms with Gasteiger partial charge in [-0.3, -0.25) is 4.79 Å². The first-order valence-corrected chi connectivity index (χ1v) is 12.9. The summed E-state index contributed by atoms with van der Waals surface area (Å²) in [5, 5.41) is 19.2. The van der Waals surface area contributed by atoms with Crippen LogP contribution in [0, 0.1) is 6.92 Å². The fraction of sp³-hybridized carbons (Fsp3) is 0.231. The van der Waals surface area contributed by atoms with Crippen LogP contribution in [0.1, 0.15) is 11.1 Å². The lowest BCUT2D eigenvalue weighted by molar-refractivity contribution is -0.118. The number of carbonyl (C=O) groups is 1. The van der Waals surface area contributed by atoms with Crippen molar-refractivity contribution in [1.29, 1.82) is 0 Å². The fourth-order valence-electron chi connectivity index (χ4n) is 3.43. The number of hydrogen-bond acceptors (Lipinski definition) is 8. The van der Waals surface area contributed by atoms with E-state index >= 15 is 0 Å². The number of amides is 1. The summed E-state index contributed by atoms with van der Waals surface area (Å²) in [7, 11) is 1.54. The van der Waals surface area contributed by atoms with Gasteiger partial charge in [0.15, 0.2) is 18.1 Å². The first-order chi connectivity index (χ1) is 18.0. The summed E-state index contributed by atoms with van der Waals surface area (Å²) in [4.78, 5) is 12.3. The number of halogens is 1. The Balaban J connectivity index is 1.26. The van der Waals surface area contributed by atoms with Crippen molar-refractivity contribution in [2.45, 2.75) is 18.6 Å². The predicted molar refractivity (Wildman–Crippen MR) is 145 cm³/mol. The number of carbonyl (C=O) groups excluding carboxylic acids is 1. The molecule has 0 saturated carbocycles. The van der Waals surface area contributed by atoms with Crippen LogP contribution in [0.5, 0.6) is 11.5 Å². The molecule has 1 heterocycles. The number of aryl methyl sites for hydroxylation is 1. The van der Waals surface area contributed by atoms with Gasteiger partial charge < -0.3 is 20.1 Å². The van der Waals surface area contributed by atoms with Gasteiger partial charge in [-0.1, -0.05) is 59.3 Å². The summed E-state index contributed by atoms with van der Waals surface area (Å²) in [5.74, 6) is 1.28. The van der Waals surface area contributed by atoms with Gasteiger partial charge in [0, 0.05) is 24.5 Å². The summed E-state index contributed by atoms with van der Waals surface area (Å²) in [6.07, 6.45) is 0. The monoisotopic (exact) mass is 538 g/mol. The molecule has 0 atom stereocenters. The summed E-state index contributed by atoms with van der Waals surface area (Å²) in [6.45, 7) is 3.10. The van der Waals surface area contributed by atoms with E-state index in [0.717, 1.165) is 34.3 Å². The Morgan fingerprint density at radius 1 is 1.11 bits per heavy atom. The van der Waals surface area contributed by atoms with Crippen molar-refractivity contribution < 1.29 is 14.3 Å². The Labute approximate surface area is 224 Å². The Kier molecular flexibility index (Phi) is 9.36. The third-order valence-electron chi connectivity index (χ3n) is 5.25. The Morgan fingerprint density at radius 3 is 2.65 bits per heavy atom. The molecule has 192 valence electrons. The maximum atomic E-state index is 12.3. The van der Waals surface area contributed by atoms with E-state index in [4.69, 9.17) is 21.1 Å². The van der Waals surface area contributed by atoms with Crippen LogP contribution in [-0.2, 0) is 11.3 Å². The van der Waals surface area contributed by atoms with Gasteiger partial charge in [-0.25, -0.2) is 0 Å². The highest BCUT2D eigenvalue weighted by molar-refractivity contribution is 7.99. The number of thioether (sulfide) groups is 1. The van der Waals surface area contributed by atoms with E-state index in [1.165, 1.54) is 7.11 Å². The number of nitrogens with zero attached hydrogens (tertiary/aromatic N) is 4. The second-order valence-corrected chi connectivity index (χ2v) is 9.52. The minimum Gasteiger partial charge on any atom is -0.493 e. The van der Waals surface area contributed by atoms with Gasteiger partial charge in [0.2, 0.25) is 5.16 Å². The highest BCUT2D eigenvalue weighted by Crippen LogP contribution is 2.36. The van der Waals surface area contributed by atoms with Crippen molar-refractivity contribution in [3.8, 4) is 17.2 Å². The molecule has 11 heteroatoms. The number of hydrogen-bond donors (Lipinski definition) is 2. The zero-order chi connectivity index (χ0) is 26.0. The van der Waals surface area contributed by atoms with E-state index in [1.54, 1.807) is 22.5 Å². The average molecular weight is 539 g/mol. The minimum absolute atomic E-state index is 0.193. The van der Waals surface area contributed by atoms with Gasteiger partial charge in [0.05, 0.1) is 17.8 Å². The molecule has 9 nitrogen and oxygen atoms in total. The molecule has 3 aromatic carbocycles. The molecule has 0 unspecified atom stereocenters. The maximum absolute atomic E-state index is 12.3. The molecular weight excluding hydrogens is 512 g/mol. The number of aromatic nitrogens is 4.